The molecule has 1 aromatic rings. The number of nitrogens with zero attached hydrogens (tertiary/aromatic N) is 2. The number of fused-ring (bicyclic) bond motifs is 1. The Hall–Kier alpha value is -2.82. The quantitative estimate of drug-likeness (QED) is 0.303. The van der Waals surface area contributed by atoms with Crippen LogP contribution in [0.15, 0.2) is 5.38 Å². The first-order valence-electron chi connectivity index (χ1n) is 15.5. The summed E-state index contributed by atoms with van der Waals surface area (Å²) in [7, 11) is 0. The van der Waals surface area contributed by atoms with Gasteiger partial charge in [-0.25, -0.2) is 4.98 Å². The number of nitrogens with two attached hydrogens (primary N) is 1. The highest BCUT2D eigenvalue weighted by Gasteiger charge is 2.69. The van der Waals surface area contributed by atoms with E-state index >= 15 is 0 Å². The summed E-state index contributed by atoms with van der Waals surface area (Å²) in [6.07, 6.45) is 3.61. The Labute approximate surface area is 259 Å². The predicted molar refractivity (Wildman–Crippen MR) is 166 cm³/mol. The zero-order valence-electron chi connectivity index (χ0n) is 26.9. The standard InChI is InChI=1S/C32H49N5O5S/c1-30(2,3)26(35-29-34-19(16-43-29)14-22(39)36-31(4,5)6)28(42)37-15-20-23(32(20,7)8)24(37)21(38)13-18(25(40)27(33)41)12-17-10-9-11-17/h16-18,20,23-24,26H,9-15H2,1-8H3,(H2,33,41)(H,34,35)(H,36,39)/t18?,20-,23?,24+,26+/m0/s1. The third-order valence-electron chi connectivity index (χ3n) is 9.51. The highest BCUT2D eigenvalue weighted by molar-refractivity contribution is 7.13. The van der Waals surface area contributed by atoms with Gasteiger partial charge in [0.2, 0.25) is 17.6 Å². The topological polar surface area (TPSA) is 152 Å². The minimum atomic E-state index is -1.00. The van der Waals surface area contributed by atoms with Crippen LogP contribution in [0.2, 0.25) is 0 Å². The van der Waals surface area contributed by atoms with E-state index in [-0.39, 0.29) is 53.2 Å². The third kappa shape index (κ3) is 7.46. The molecular formula is C32H49N5O5S. The van der Waals surface area contributed by atoms with Gasteiger partial charge in [0.05, 0.1) is 18.2 Å². The van der Waals surface area contributed by atoms with Crippen molar-refractivity contribution in [2.75, 3.05) is 11.9 Å². The van der Waals surface area contributed by atoms with Crippen LogP contribution >= 0.6 is 11.3 Å². The number of hydrogen-bond acceptors (Lipinski definition) is 8. The first kappa shape index (κ1) is 33.1. The Kier molecular flexibility index (Phi) is 9.18. The van der Waals surface area contributed by atoms with E-state index in [1.54, 1.807) is 4.90 Å². The van der Waals surface area contributed by atoms with Crippen molar-refractivity contribution in [1.82, 2.24) is 15.2 Å². The molecule has 5 atom stereocenters. The molecule has 3 amide bonds. The van der Waals surface area contributed by atoms with Gasteiger partial charge in [0.15, 0.2) is 10.9 Å². The molecule has 10 nitrogen and oxygen atoms in total. The van der Waals surface area contributed by atoms with E-state index in [4.69, 9.17) is 5.73 Å². The number of piperidine rings is 1. The molecule has 2 heterocycles. The lowest BCUT2D eigenvalue weighted by Crippen LogP contribution is -2.55. The number of anilines is 1. The smallest absolute Gasteiger partial charge is 0.285 e. The Morgan fingerprint density at radius 3 is 2.30 bits per heavy atom. The second kappa shape index (κ2) is 11.9. The molecule has 0 spiro atoms. The maximum absolute atomic E-state index is 14.3. The monoisotopic (exact) mass is 615 g/mol. The Bertz CT molecular complexity index is 1270. The lowest BCUT2D eigenvalue weighted by Gasteiger charge is -2.38. The summed E-state index contributed by atoms with van der Waals surface area (Å²) in [5, 5.41) is 8.60. The summed E-state index contributed by atoms with van der Waals surface area (Å²) in [6, 6.07) is -1.33. The van der Waals surface area contributed by atoms with Crippen molar-refractivity contribution in [2.45, 2.75) is 112 Å². The molecule has 4 rings (SSSR count). The van der Waals surface area contributed by atoms with E-state index in [2.05, 4.69) is 29.5 Å². The molecule has 11 heteroatoms. The van der Waals surface area contributed by atoms with Gasteiger partial charge in [-0.15, -0.1) is 11.3 Å². The molecule has 43 heavy (non-hydrogen) atoms. The number of primary amides is 1. The van der Waals surface area contributed by atoms with Gasteiger partial charge in [0, 0.05) is 29.8 Å². The molecule has 2 aliphatic carbocycles. The highest BCUT2D eigenvalue weighted by Crippen LogP contribution is 2.65. The fourth-order valence-electron chi connectivity index (χ4n) is 6.88. The lowest BCUT2D eigenvalue weighted by atomic mass is 9.76. The normalized spacial score (nSPS) is 24.4. The van der Waals surface area contributed by atoms with Gasteiger partial charge < -0.3 is 21.3 Å². The van der Waals surface area contributed by atoms with Crippen LogP contribution in [0.25, 0.3) is 0 Å². The molecule has 0 radical (unpaired) electrons. The zero-order chi connectivity index (χ0) is 32.1. The maximum Gasteiger partial charge on any atom is 0.285 e. The lowest BCUT2D eigenvalue weighted by molar-refractivity contribution is -0.144. The van der Waals surface area contributed by atoms with Crippen molar-refractivity contribution in [1.29, 1.82) is 0 Å². The average molecular weight is 616 g/mol. The molecule has 2 saturated carbocycles. The molecule has 0 bridgehead atoms. The number of rotatable bonds is 12. The summed E-state index contributed by atoms with van der Waals surface area (Å²) in [6.45, 7) is 16.4. The number of thiazole rings is 1. The van der Waals surface area contributed by atoms with Gasteiger partial charge >= 0.3 is 0 Å². The Balaban J connectivity index is 1.52. The van der Waals surface area contributed by atoms with E-state index in [1.807, 2.05) is 46.9 Å². The molecule has 3 aliphatic rings. The molecule has 3 fully saturated rings. The van der Waals surface area contributed by atoms with E-state index in [0.29, 0.717) is 29.7 Å². The third-order valence-corrected chi connectivity index (χ3v) is 10.3. The van der Waals surface area contributed by atoms with Gasteiger partial charge in [-0.1, -0.05) is 53.9 Å². The number of aromatic nitrogens is 1. The van der Waals surface area contributed by atoms with Crippen LogP contribution in [0.5, 0.6) is 0 Å². The largest absolute Gasteiger partial charge is 0.363 e. The van der Waals surface area contributed by atoms with E-state index in [0.717, 1.165) is 19.3 Å². The number of carbonyl (C=O) groups is 5. The molecule has 4 N–H and O–H groups in total. The zero-order valence-corrected chi connectivity index (χ0v) is 27.7. The molecular weight excluding hydrogens is 566 g/mol. The van der Waals surface area contributed by atoms with Crippen LogP contribution in [-0.4, -0.2) is 63.3 Å². The molecule has 1 aromatic heterocycles. The van der Waals surface area contributed by atoms with Crippen LogP contribution < -0.4 is 16.4 Å². The van der Waals surface area contributed by atoms with Crippen molar-refractivity contribution in [2.24, 2.45) is 40.2 Å². The Morgan fingerprint density at radius 1 is 1.12 bits per heavy atom. The van der Waals surface area contributed by atoms with Crippen LogP contribution in [-0.2, 0) is 30.4 Å². The van der Waals surface area contributed by atoms with E-state index in [1.165, 1.54) is 11.3 Å². The van der Waals surface area contributed by atoms with Crippen LogP contribution in [0.1, 0.15) is 93.2 Å². The number of amides is 3. The van der Waals surface area contributed by atoms with Crippen molar-refractivity contribution in [3.63, 3.8) is 0 Å². The highest BCUT2D eigenvalue weighted by atomic mass is 32.1. The SMILES string of the molecule is CC(C)(C)NC(=O)Cc1csc(N[C@H](C(=O)N2C[C@H]3C([C@H]2C(=O)CC(CC2CCC2)C(=O)C(N)=O)C3(C)C)C(C)(C)C)n1. The average Bonchev–Trinajstić information content (AvgIpc) is 3.22. The number of ketones is 2. The molecule has 1 saturated heterocycles. The van der Waals surface area contributed by atoms with Gasteiger partial charge in [-0.3, -0.25) is 24.0 Å². The van der Waals surface area contributed by atoms with Gasteiger partial charge in [-0.05, 0) is 55.8 Å². The first-order chi connectivity index (χ1) is 19.8. The number of nitrogens with one attached hydrogen (secondary N) is 2. The fourth-order valence-corrected chi connectivity index (χ4v) is 7.62. The summed E-state index contributed by atoms with van der Waals surface area (Å²) >= 11 is 1.34. The number of Topliss-reactive ketones (excluding diaryl/α,β-unsaturated/α-hetero) is 2. The maximum atomic E-state index is 14.3. The molecule has 0 aromatic carbocycles. The second-order valence-corrected chi connectivity index (χ2v) is 16.4. The first-order valence-corrected chi connectivity index (χ1v) is 16.4. The fraction of sp³-hybridized carbons (Fsp3) is 0.750. The van der Waals surface area contributed by atoms with Gasteiger partial charge in [0.25, 0.3) is 5.91 Å². The summed E-state index contributed by atoms with van der Waals surface area (Å²) < 4.78 is 0. The second-order valence-electron chi connectivity index (χ2n) is 15.6. The van der Waals surface area contributed by atoms with Crippen molar-refractivity contribution in [3.05, 3.63) is 11.1 Å². The van der Waals surface area contributed by atoms with Crippen molar-refractivity contribution in [3.8, 4) is 0 Å². The van der Waals surface area contributed by atoms with E-state index < -0.39 is 35.1 Å². The number of likely N-dealkylation sites (tertiary alicyclic amines) is 1. The minimum absolute atomic E-state index is 0.00500. The van der Waals surface area contributed by atoms with Crippen LogP contribution in [0.4, 0.5) is 5.13 Å². The summed E-state index contributed by atoms with van der Waals surface area (Å²) in [5.74, 6) is -2.39. The van der Waals surface area contributed by atoms with E-state index in [9.17, 15) is 24.0 Å². The summed E-state index contributed by atoms with van der Waals surface area (Å²) in [5.41, 5.74) is 5.04. The minimum Gasteiger partial charge on any atom is -0.363 e. The van der Waals surface area contributed by atoms with Crippen LogP contribution in [0, 0.1) is 34.5 Å². The van der Waals surface area contributed by atoms with Gasteiger partial charge in [-0.2, -0.15) is 0 Å². The Morgan fingerprint density at radius 2 is 1.77 bits per heavy atom. The molecule has 2 unspecified atom stereocenters. The van der Waals surface area contributed by atoms with Crippen molar-refractivity contribution >= 4 is 45.8 Å². The van der Waals surface area contributed by atoms with Crippen LogP contribution in [0.3, 0.4) is 0 Å². The molecule has 238 valence electrons. The van der Waals surface area contributed by atoms with Crippen molar-refractivity contribution < 1.29 is 24.0 Å². The number of hydrogen-bond donors (Lipinski definition) is 3. The number of carbonyl (C=O) groups excluding carboxylic acids is 5. The van der Waals surface area contributed by atoms with Gasteiger partial charge in [0.1, 0.15) is 6.04 Å². The predicted octanol–water partition coefficient (Wildman–Crippen LogP) is 3.73. The summed E-state index contributed by atoms with van der Waals surface area (Å²) in [4.78, 5) is 71.5. The molecule has 1 aliphatic heterocycles.